The number of rotatable bonds is 9. The summed E-state index contributed by atoms with van der Waals surface area (Å²) in [7, 11) is 0. The first-order valence-corrected chi connectivity index (χ1v) is 5.58. The lowest BCUT2D eigenvalue weighted by atomic mass is 10.4. The number of amidine groups is 1. The first-order valence-electron chi connectivity index (χ1n) is 5.58. The Labute approximate surface area is 90.7 Å². The summed E-state index contributed by atoms with van der Waals surface area (Å²) in [5.74, 6) is 1.12. The van der Waals surface area contributed by atoms with Crippen LogP contribution in [0, 0.1) is 5.92 Å². The van der Waals surface area contributed by atoms with Crippen molar-refractivity contribution in [3.8, 4) is 0 Å². The predicted molar refractivity (Wildman–Crippen MR) is 59.1 cm³/mol. The van der Waals surface area contributed by atoms with E-state index in [2.05, 4.69) is 10.5 Å². The van der Waals surface area contributed by atoms with Gasteiger partial charge in [0.1, 0.15) is 5.84 Å². The Kier molecular flexibility index (Phi) is 6.11. The fraction of sp³-hybridized carbons (Fsp3) is 0.900. The smallest absolute Gasteiger partial charge is 0.140 e. The van der Waals surface area contributed by atoms with E-state index in [0.29, 0.717) is 6.42 Å². The number of oxime groups is 1. The van der Waals surface area contributed by atoms with Crippen LogP contribution in [0.2, 0.25) is 0 Å². The average Bonchev–Trinajstić information content (AvgIpc) is 3.05. The fourth-order valence-electron chi connectivity index (χ4n) is 1.23. The zero-order chi connectivity index (χ0) is 10.9. The van der Waals surface area contributed by atoms with Crippen LogP contribution in [0.4, 0.5) is 0 Å². The molecule has 1 aliphatic rings. The molecule has 1 aliphatic carbocycles. The van der Waals surface area contributed by atoms with Gasteiger partial charge in [0.2, 0.25) is 0 Å². The van der Waals surface area contributed by atoms with Crippen LogP contribution in [0.3, 0.4) is 0 Å². The van der Waals surface area contributed by atoms with Crippen LogP contribution in [-0.4, -0.2) is 37.3 Å². The van der Waals surface area contributed by atoms with Crippen LogP contribution >= 0.6 is 0 Å². The van der Waals surface area contributed by atoms with Gasteiger partial charge in [0.25, 0.3) is 0 Å². The first-order chi connectivity index (χ1) is 7.33. The molecule has 4 N–H and O–H groups in total. The van der Waals surface area contributed by atoms with Gasteiger partial charge < -0.3 is 21.0 Å². The Balaban J connectivity index is 1.72. The fourth-order valence-corrected chi connectivity index (χ4v) is 1.23. The summed E-state index contributed by atoms with van der Waals surface area (Å²) >= 11 is 0. The topological polar surface area (TPSA) is 79.9 Å². The molecule has 0 saturated heterocycles. The van der Waals surface area contributed by atoms with Gasteiger partial charge in [0.05, 0.1) is 0 Å². The summed E-state index contributed by atoms with van der Waals surface area (Å²) in [5, 5.41) is 14.4. The molecule has 1 saturated carbocycles. The molecule has 1 rings (SSSR count). The highest BCUT2D eigenvalue weighted by Crippen LogP contribution is 2.28. The van der Waals surface area contributed by atoms with Crippen molar-refractivity contribution >= 4 is 5.84 Å². The molecule has 15 heavy (non-hydrogen) atoms. The maximum Gasteiger partial charge on any atom is 0.140 e. The molecule has 0 radical (unpaired) electrons. The summed E-state index contributed by atoms with van der Waals surface area (Å²) in [6.45, 7) is 3.43. The Hall–Kier alpha value is -0.810. The van der Waals surface area contributed by atoms with Crippen LogP contribution in [0.15, 0.2) is 5.16 Å². The van der Waals surface area contributed by atoms with Gasteiger partial charge in [-0.3, -0.25) is 0 Å². The summed E-state index contributed by atoms with van der Waals surface area (Å²) in [5.41, 5.74) is 5.31. The standard InChI is InChI=1S/C10H21N3O2/c11-10(13-14)4-6-12-5-1-7-15-8-9-2-3-9/h9,12,14H,1-8H2,(H2,11,13). The molecule has 88 valence electrons. The minimum absolute atomic E-state index is 0.271. The van der Waals surface area contributed by atoms with Crippen molar-refractivity contribution in [2.45, 2.75) is 25.7 Å². The van der Waals surface area contributed by atoms with Crippen LogP contribution < -0.4 is 11.1 Å². The van der Waals surface area contributed by atoms with E-state index in [0.717, 1.165) is 38.6 Å². The monoisotopic (exact) mass is 215 g/mol. The Bertz CT molecular complexity index is 193. The van der Waals surface area contributed by atoms with Gasteiger partial charge >= 0.3 is 0 Å². The zero-order valence-corrected chi connectivity index (χ0v) is 9.11. The Morgan fingerprint density at radius 2 is 2.27 bits per heavy atom. The third-order valence-electron chi connectivity index (χ3n) is 2.38. The lowest BCUT2D eigenvalue weighted by molar-refractivity contribution is 0.122. The van der Waals surface area contributed by atoms with Crippen molar-refractivity contribution in [2.75, 3.05) is 26.3 Å². The molecule has 0 aliphatic heterocycles. The van der Waals surface area contributed by atoms with Gasteiger partial charge in [-0.1, -0.05) is 5.16 Å². The highest BCUT2D eigenvalue weighted by molar-refractivity contribution is 5.79. The SMILES string of the molecule is NC(CCNCCCOCC1CC1)=NO. The van der Waals surface area contributed by atoms with Gasteiger partial charge in [-0.2, -0.15) is 0 Å². The number of hydrogen-bond acceptors (Lipinski definition) is 4. The minimum atomic E-state index is 0.271. The molecule has 0 heterocycles. The summed E-state index contributed by atoms with van der Waals surface area (Å²) in [6, 6.07) is 0. The summed E-state index contributed by atoms with van der Waals surface area (Å²) in [6.07, 6.45) is 4.29. The predicted octanol–water partition coefficient (Wildman–Crippen LogP) is 0.529. The molecule has 0 aromatic rings. The number of nitrogens with two attached hydrogens (primary N) is 1. The second-order valence-electron chi connectivity index (χ2n) is 3.96. The Morgan fingerprint density at radius 3 is 2.93 bits per heavy atom. The molecule has 0 aromatic heterocycles. The molecular weight excluding hydrogens is 194 g/mol. The molecule has 0 bridgehead atoms. The van der Waals surface area contributed by atoms with E-state index in [4.69, 9.17) is 15.7 Å². The molecule has 0 aromatic carbocycles. The van der Waals surface area contributed by atoms with Gasteiger partial charge in [-0.05, 0) is 31.7 Å². The van der Waals surface area contributed by atoms with E-state index in [1.165, 1.54) is 12.8 Å². The molecule has 0 amide bonds. The van der Waals surface area contributed by atoms with Crippen molar-refractivity contribution in [1.82, 2.24) is 5.32 Å². The third-order valence-corrected chi connectivity index (χ3v) is 2.38. The van der Waals surface area contributed by atoms with Gasteiger partial charge in [0, 0.05) is 26.2 Å². The molecule has 1 fully saturated rings. The van der Waals surface area contributed by atoms with E-state index < -0.39 is 0 Å². The molecule has 5 heteroatoms. The van der Waals surface area contributed by atoms with Gasteiger partial charge in [0.15, 0.2) is 0 Å². The first kappa shape index (κ1) is 12.3. The van der Waals surface area contributed by atoms with E-state index >= 15 is 0 Å². The maximum absolute atomic E-state index is 8.28. The largest absolute Gasteiger partial charge is 0.409 e. The molecule has 0 atom stereocenters. The average molecular weight is 215 g/mol. The number of nitrogens with one attached hydrogen (secondary N) is 1. The molecule has 0 spiro atoms. The van der Waals surface area contributed by atoms with E-state index in [-0.39, 0.29) is 5.84 Å². The van der Waals surface area contributed by atoms with Gasteiger partial charge in [-0.25, -0.2) is 0 Å². The van der Waals surface area contributed by atoms with Crippen LogP contribution in [0.25, 0.3) is 0 Å². The quantitative estimate of drug-likeness (QED) is 0.172. The minimum Gasteiger partial charge on any atom is -0.409 e. The second-order valence-corrected chi connectivity index (χ2v) is 3.96. The normalized spacial score (nSPS) is 16.9. The highest BCUT2D eigenvalue weighted by atomic mass is 16.5. The lowest BCUT2D eigenvalue weighted by Gasteiger charge is -2.04. The van der Waals surface area contributed by atoms with Crippen LogP contribution in [0.5, 0.6) is 0 Å². The molecule has 0 unspecified atom stereocenters. The van der Waals surface area contributed by atoms with Crippen LogP contribution in [-0.2, 0) is 4.74 Å². The lowest BCUT2D eigenvalue weighted by Crippen LogP contribution is -2.23. The highest BCUT2D eigenvalue weighted by Gasteiger charge is 2.20. The molecule has 5 nitrogen and oxygen atoms in total. The van der Waals surface area contributed by atoms with Crippen molar-refractivity contribution in [2.24, 2.45) is 16.8 Å². The van der Waals surface area contributed by atoms with Crippen molar-refractivity contribution < 1.29 is 9.94 Å². The van der Waals surface area contributed by atoms with E-state index in [1.54, 1.807) is 0 Å². The number of nitrogens with zero attached hydrogens (tertiary/aromatic N) is 1. The second kappa shape index (κ2) is 7.48. The Morgan fingerprint density at radius 1 is 1.47 bits per heavy atom. The van der Waals surface area contributed by atoms with Crippen LogP contribution in [0.1, 0.15) is 25.7 Å². The summed E-state index contributed by atoms with van der Waals surface area (Å²) < 4.78 is 5.48. The van der Waals surface area contributed by atoms with Crippen molar-refractivity contribution in [1.29, 1.82) is 0 Å². The third kappa shape index (κ3) is 7.16. The van der Waals surface area contributed by atoms with E-state index in [1.807, 2.05) is 0 Å². The van der Waals surface area contributed by atoms with Gasteiger partial charge in [-0.15, -0.1) is 0 Å². The molecular formula is C10H21N3O2. The number of hydrogen-bond donors (Lipinski definition) is 3. The number of ether oxygens (including phenoxy) is 1. The van der Waals surface area contributed by atoms with Crippen molar-refractivity contribution in [3.63, 3.8) is 0 Å². The summed E-state index contributed by atoms with van der Waals surface area (Å²) in [4.78, 5) is 0. The van der Waals surface area contributed by atoms with E-state index in [9.17, 15) is 0 Å². The zero-order valence-electron chi connectivity index (χ0n) is 9.11. The maximum atomic E-state index is 8.28. The van der Waals surface area contributed by atoms with Crippen molar-refractivity contribution in [3.05, 3.63) is 0 Å².